The number of carbonyl (C=O) groups excluding carboxylic acids is 3. The number of nitrogens with zero attached hydrogens (tertiary/aromatic N) is 2. The first kappa shape index (κ1) is 23.8. The fraction of sp³-hybridized carbons (Fsp3) is 0.179. The summed E-state index contributed by atoms with van der Waals surface area (Å²) in [4.78, 5) is 42.0. The van der Waals surface area contributed by atoms with Gasteiger partial charge in [0.05, 0.1) is 24.3 Å². The first-order valence-electron chi connectivity index (χ1n) is 11.1. The van der Waals surface area contributed by atoms with Gasteiger partial charge in [-0.3, -0.25) is 14.5 Å². The second-order valence-electron chi connectivity index (χ2n) is 8.56. The summed E-state index contributed by atoms with van der Waals surface area (Å²) in [5, 5.41) is 11.2. The fourth-order valence-corrected chi connectivity index (χ4v) is 4.14. The van der Waals surface area contributed by atoms with E-state index in [1.807, 2.05) is 62.3 Å². The molecular formula is C28H26N2O5. The molecular weight excluding hydrogens is 444 g/mol. The molecule has 1 amide bonds. The van der Waals surface area contributed by atoms with Crippen LogP contribution in [-0.4, -0.2) is 44.0 Å². The second-order valence-corrected chi connectivity index (χ2v) is 8.56. The van der Waals surface area contributed by atoms with Crippen molar-refractivity contribution in [3.8, 4) is 0 Å². The molecule has 3 aromatic rings. The largest absolute Gasteiger partial charge is 0.507 e. The molecule has 3 aromatic carbocycles. The first-order chi connectivity index (χ1) is 16.7. The molecule has 0 radical (unpaired) electrons. The van der Waals surface area contributed by atoms with E-state index in [0.29, 0.717) is 16.8 Å². The van der Waals surface area contributed by atoms with Gasteiger partial charge in [-0.05, 0) is 42.8 Å². The number of hydrogen-bond donors (Lipinski definition) is 1. The van der Waals surface area contributed by atoms with Gasteiger partial charge in [-0.1, -0.05) is 48.0 Å². The molecule has 0 spiro atoms. The number of ketones is 1. The lowest BCUT2D eigenvalue weighted by atomic mass is 9.94. The van der Waals surface area contributed by atoms with Crippen molar-refractivity contribution in [1.29, 1.82) is 0 Å². The van der Waals surface area contributed by atoms with E-state index in [-0.39, 0.29) is 16.9 Å². The van der Waals surface area contributed by atoms with Crippen molar-refractivity contribution in [2.75, 3.05) is 31.0 Å². The lowest BCUT2D eigenvalue weighted by Gasteiger charge is -2.26. The van der Waals surface area contributed by atoms with Gasteiger partial charge in [-0.2, -0.15) is 0 Å². The average Bonchev–Trinajstić information content (AvgIpc) is 3.14. The first-order valence-corrected chi connectivity index (χ1v) is 11.1. The van der Waals surface area contributed by atoms with Crippen molar-refractivity contribution in [3.63, 3.8) is 0 Å². The van der Waals surface area contributed by atoms with Crippen molar-refractivity contribution in [2.24, 2.45) is 0 Å². The van der Waals surface area contributed by atoms with Gasteiger partial charge in [0, 0.05) is 31.0 Å². The number of methoxy groups -OCH3 is 1. The Morgan fingerprint density at radius 1 is 0.943 bits per heavy atom. The molecule has 0 aromatic heterocycles. The van der Waals surface area contributed by atoms with E-state index in [4.69, 9.17) is 4.74 Å². The summed E-state index contributed by atoms with van der Waals surface area (Å²) < 4.78 is 4.81. The minimum absolute atomic E-state index is 0.0140. The van der Waals surface area contributed by atoms with Gasteiger partial charge in [-0.25, -0.2) is 4.79 Å². The molecule has 0 saturated carbocycles. The molecule has 178 valence electrons. The van der Waals surface area contributed by atoms with E-state index in [0.717, 1.165) is 11.3 Å². The quantitative estimate of drug-likeness (QED) is 0.256. The van der Waals surface area contributed by atoms with Crippen LogP contribution in [0.4, 0.5) is 11.4 Å². The summed E-state index contributed by atoms with van der Waals surface area (Å²) >= 11 is 0. The summed E-state index contributed by atoms with van der Waals surface area (Å²) in [7, 11) is 5.10. The van der Waals surface area contributed by atoms with E-state index in [9.17, 15) is 19.5 Å². The third-order valence-corrected chi connectivity index (χ3v) is 6.04. The van der Waals surface area contributed by atoms with E-state index in [2.05, 4.69) is 0 Å². The van der Waals surface area contributed by atoms with Crippen LogP contribution in [-0.2, 0) is 14.3 Å². The number of aryl methyl sites for hydroxylation is 1. The summed E-state index contributed by atoms with van der Waals surface area (Å²) in [6.07, 6.45) is 0. The highest BCUT2D eigenvalue weighted by atomic mass is 16.5. The van der Waals surface area contributed by atoms with Crippen molar-refractivity contribution >= 4 is 34.8 Å². The molecule has 0 bridgehead atoms. The summed E-state index contributed by atoms with van der Waals surface area (Å²) in [5.74, 6) is -2.40. The Balaban J connectivity index is 1.92. The molecule has 1 aliphatic rings. The highest BCUT2D eigenvalue weighted by molar-refractivity contribution is 6.51. The lowest BCUT2D eigenvalue weighted by Crippen LogP contribution is -2.29. The Bertz CT molecular complexity index is 1320. The van der Waals surface area contributed by atoms with Crippen LogP contribution in [0.1, 0.15) is 33.1 Å². The Labute approximate surface area is 203 Å². The highest BCUT2D eigenvalue weighted by Crippen LogP contribution is 2.42. The van der Waals surface area contributed by atoms with Gasteiger partial charge in [0.2, 0.25) is 0 Å². The number of amides is 1. The van der Waals surface area contributed by atoms with Crippen LogP contribution in [0.2, 0.25) is 0 Å². The number of hydrogen-bond acceptors (Lipinski definition) is 6. The van der Waals surface area contributed by atoms with E-state index < -0.39 is 23.7 Å². The number of aliphatic hydroxyl groups excluding tert-OH is 1. The van der Waals surface area contributed by atoms with Gasteiger partial charge in [-0.15, -0.1) is 0 Å². The van der Waals surface area contributed by atoms with Gasteiger partial charge < -0.3 is 14.7 Å². The number of anilines is 2. The van der Waals surface area contributed by atoms with E-state index >= 15 is 0 Å². The number of rotatable bonds is 5. The Kier molecular flexibility index (Phi) is 6.42. The van der Waals surface area contributed by atoms with E-state index in [1.54, 1.807) is 30.3 Å². The third kappa shape index (κ3) is 4.40. The van der Waals surface area contributed by atoms with Crippen molar-refractivity contribution in [1.82, 2.24) is 0 Å². The topological polar surface area (TPSA) is 87.1 Å². The van der Waals surface area contributed by atoms with Gasteiger partial charge in [0.25, 0.3) is 11.7 Å². The second kappa shape index (κ2) is 9.46. The minimum Gasteiger partial charge on any atom is -0.507 e. The maximum absolute atomic E-state index is 13.3. The zero-order valence-corrected chi connectivity index (χ0v) is 20.0. The van der Waals surface area contributed by atoms with Crippen molar-refractivity contribution in [3.05, 3.63) is 101 Å². The van der Waals surface area contributed by atoms with Crippen LogP contribution in [0, 0.1) is 6.92 Å². The predicted molar refractivity (Wildman–Crippen MR) is 135 cm³/mol. The predicted octanol–water partition coefficient (Wildman–Crippen LogP) is 4.47. The zero-order chi connectivity index (χ0) is 25.3. The molecule has 1 saturated heterocycles. The third-order valence-electron chi connectivity index (χ3n) is 6.04. The maximum atomic E-state index is 13.3. The SMILES string of the molecule is COC(=O)c1cccc(N2C(=O)C(=O)/C(=C(/O)c3ccc(C)cc3)C2c2ccc(N(C)C)cc2)c1. The molecule has 35 heavy (non-hydrogen) atoms. The zero-order valence-electron chi connectivity index (χ0n) is 20.0. The number of aliphatic hydroxyl groups is 1. The highest BCUT2D eigenvalue weighted by Gasteiger charge is 2.47. The molecule has 7 nitrogen and oxygen atoms in total. The Hall–Kier alpha value is -4.39. The van der Waals surface area contributed by atoms with Crippen LogP contribution in [0.5, 0.6) is 0 Å². The molecule has 1 atom stereocenters. The Morgan fingerprint density at radius 3 is 2.20 bits per heavy atom. The van der Waals surface area contributed by atoms with Crippen molar-refractivity contribution in [2.45, 2.75) is 13.0 Å². The van der Waals surface area contributed by atoms with Gasteiger partial charge in [0.1, 0.15) is 5.76 Å². The normalized spacial score (nSPS) is 16.9. The molecule has 1 unspecified atom stereocenters. The molecule has 4 rings (SSSR count). The Morgan fingerprint density at radius 2 is 1.60 bits per heavy atom. The van der Waals surface area contributed by atoms with Crippen LogP contribution < -0.4 is 9.80 Å². The van der Waals surface area contributed by atoms with Crippen LogP contribution >= 0.6 is 0 Å². The number of Topliss-reactive ketones (excluding diaryl/α,β-unsaturated/α-hetero) is 1. The minimum atomic E-state index is -0.889. The molecule has 1 aliphatic heterocycles. The number of benzene rings is 3. The molecule has 1 fully saturated rings. The standard InChI is InChI=1S/C28H26N2O5/c1-17-8-10-19(11-9-17)25(31)23-24(18-12-14-21(15-13-18)29(2)3)30(27(33)26(23)32)22-7-5-6-20(16-22)28(34)35-4/h5-16,24,31H,1-4H3/b25-23+. The lowest BCUT2D eigenvalue weighted by molar-refractivity contribution is -0.132. The molecule has 0 aliphatic carbocycles. The van der Waals surface area contributed by atoms with Gasteiger partial charge in [0.15, 0.2) is 0 Å². The number of esters is 1. The van der Waals surface area contributed by atoms with E-state index in [1.165, 1.54) is 18.1 Å². The van der Waals surface area contributed by atoms with Crippen LogP contribution in [0.3, 0.4) is 0 Å². The molecule has 1 N–H and O–H groups in total. The molecule has 1 heterocycles. The van der Waals surface area contributed by atoms with Gasteiger partial charge >= 0.3 is 5.97 Å². The monoisotopic (exact) mass is 470 g/mol. The average molecular weight is 471 g/mol. The molecule has 7 heteroatoms. The fourth-order valence-electron chi connectivity index (χ4n) is 4.14. The smallest absolute Gasteiger partial charge is 0.337 e. The summed E-state index contributed by atoms with van der Waals surface area (Å²) in [6.45, 7) is 1.92. The number of carbonyl (C=O) groups is 3. The number of ether oxygens (including phenoxy) is 1. The summed E-state index contributed by atoms with van der Waals surface area (Å²) in [6, 6.07) is 19.9. The van der Waals surface area contributed by atoms with Crippen LogP contribution in [0.15, 0.2) is 78.4 Å². The summed E-state index contributed by atoms with van der Waals surface area (Å²) in [5.41, 5.74) is 3.60. The van der Waals surface area contributed by atoms with Crippen molar-refractivity contribution < 1.29 is 24.2 Å². The van der Waals surface area contributed by atoms with Crippen LogP contribution in [0.25, 0.3) is 5.76 Å². The maximum Gasteiger partial charge on any atom is 0.337 e.